The van der Waals surface area contributed by atoms with Gasteiger partial charge in [-0.3, -0.25) is 19.3 Å². The Morgan fingerprint density at radius 2 is 1.68 bits per heavy atom. The van der Waals surface area contributed by atoms with Gasteiger partial charge in [0.2, 0.25) is 0 Å². The summed E-state index contributed by atoms with van der Waals surface area (Å²) in [5, 5.41) is 3.19. The number of fused-ring (bicyclic) bond motifs is 1. The van der Waals surface area contributed by atoms with Crippen molar-refractivity contribution in [2.75, 3.05) is 11.9 Å². The van der Waals surface area contributed by atoms with Crippen LogP contribution in [0.3, 0.4) is 0 Å². The lowest BCUT2D eigenvalue weighted by atomic mass is 10.0. The van der Waals surface area contributed by atoms with Crippen molar-refractivity contribution in [1.29, 1.82) is 0 Å². The summed E-state index contributed by atoms with van der Waals surface area (Å²) < 4.78 is 5.19. The fourth-order valence-electron chi connectivity index (χ4n) is 3.43. The van der Waals surface area contributed by atoms with Gasteiger partial charge in [-0.05, 0) is 55.2 Å². The zero-order valence-corrected chi connectivity index (χ0v) is 18.2. The molecule has 3 amide bonds. The zero-order chi connectivity index (χ0) is 22.7. The molecule has 2 aromatic rings. The summed E-state index contributed by atoms with van der Waals surface area (Å²) in [5.41, 5.74) is 1.82. The molecule has 0 radical (unpaired) electrons. The maximum Gasteiger partial charge on any atom is 0.329 e. The summed E-state index contributed by atoms with van der Waals surface area (Å²) in [4.78, 5) is 51.6. The van der Waals surface area contributed by atoms with Crippen LogP contribution >= 0.6 is 11.6 Å². The van der Waals surface area contributed by atoms with Crippen molar-refractivity contribution in [2.24, 2.45) is 5.92 Å². The minimum Gasteiger partial charge on any atom is -0.454 e. The highest BCUT2D eigenvalue weighted by Gasteiger charge is 2.43. The van der Waals surface area contributed by atoms with Gasteiger partial charge in [0, 0.05) is 10.7 Å². The summed E-state index contributed by atoms with van der Waals surface area (Å²) in [6.07, 6.45) is 0.224. The number of nitrogens with one attached hydrogen (secondary N) is 1. The second-order valence-electron chi connectivity index (χ2n) is 7.79. The molecule has 1 aliphatic rings. The molecular formula is C23H23ClN2O5. The number of rotatable bonds is 7. The molecule has 8 heteroatoms. The predicted octanol–water partition coefficient (Wildman–Crippen LogP) is 3.84. The van der Waals surface area contributed by atoms with Crippen LogP contribution in [-0.2, 0) is 14.3 Å². The number of nitrogens with zero attached hydrogens (tertiary/aromatic N) is 1. The fraction of sp³-hybridized carbons (Fsp3) is 0.304. The van der Waals surface area contributed by atoms with Crippen LogP contribution in [0.25, 0.3) is 0 Å². The van der Waals surface area contributed by atoms with Crippen LogP contribution in [0.1, 0.15) is 46.5 Å². The van der Waals surface area contributed by atoms with Crippen molar-refractivity contribution in [2.45, 2.75) is 33.2 Å². The Balaban J connectivity index is 1.70. The Hall–Kier alpha value is -3.19. The summed E-state index contributed by atoms with van der Waals surface area (Å²) >= 11 is 5.91. The number of ether oxygens (including phenoxy) is 1. The van der Waals surface area contributed by atoms with E-state index in [1.807, 2.05) is 13.8 Å². The van der Waals surface area contributed by atoms with E-state index in [2.05, 4.69) is 5.32 Å². The van der Waals surface area contributed by atoms with Crippen LogP contribution in [0.2, 0.25) is 5.02 Å². The maximum absolute atomic E-state index is 12.8. The largest absolute Gasteiger partial charge is 0.454 e. The van der Waals surface area contributed by atoms with Crippen LogP contribution in [0.4, 0.5) is 5.69 Å². The molecule has 0 fully saturated rings. The molecule has 2 aromatic carbocycles. The van der Waals surface area contributed by atoms with Gasteiger partial charge in [0.05, 0.1) is 11.1 Å². The second-order valence-corrected chi connectivity index (χ2v) is 8.22. The van der Waals surface area contributed by atoms with Gasteiger partial charge >= 0.3 is 5.97 Å². The number of carbonyl (C=O) groups is 4. The molecule has 0 saturated carbocycles. The van der Waals surface area contributed by atoms with Gasteiger partial charge in [0.1, 0.15) is 6.04 Å². The van der Waals surface area contributed by atoms with Crippen LogP contribution < -0.4 is 5.32 Å². The summed E-state index contributed by atoms with van der Waals surface area (Å²) in [7, 11) is 0. The number of esters is 1. The first-order chi connectivity index (χ1) is 14.7. The maximum atomic E-state index is 12.8. The lowest BCUT2D eigenvalue weighted by molar-refractivity contribution is -0.151. The Kier molecular flexibility index (Phi) is 6.75. The summed E-state index contributed by atoms with van der Waals surface area (Å²) in [5.74, 6) is -2.41. The van der Waals surface area contributed by atoms with E-state index in [-0.39, 0.29) is 23.5 Å². The van der Waals surface area contributed by atoms with Crippen molar-refractivity contribution >= 4 is 41.0 Å². The van der Waals surface area contributed by atoms with Crippen LogP contribution in [0.15, 0.2) is 42.5 Å². The van der Waals surface area contributed by atoms with E-state index in [9.17, 15) is 19.2 Å². The smallest absolute Gasteiger partial charge is 0.329 e. The molecule has 3 rings (SSSR count). The average molecular weight is 443 g/mol. The molecule has 0 spiro atoms. The standard InChI is InChI=1S/C23H23ClN2O5/c1-13(2)10-19(26-21(28)16-6-4-5-7-17(16)22(26)29)23(30)31-12-20(27)25-18-9-8-15(24)11-14(18)3/h4-9,11,13,19H,10,12H2,1-3H3,(H,25,27)/t19-/m0/s1. The zero-order valence-electron chi connectivity index (χ0n) is 17.5. The molecular weight excluding hydrogens is 420 g/mol. The minimum absolute atomic E-state index is 0.00686. The Morgan fingerprint density at radius 1 is 1.06 bits per heavy atom. The van der Waals surface area contributed by atoms with Crippen molar-refractivity contribution in [3.8, 4) is 0 Å². The SMILES string of the molecule is Cc1cc(Cl)ccc1NC(=O)COC(=O)[C@H](CC(C)C)N1C(=O)c2ccccc2C1=O. The van der Waals surface area contributed by atoms with E-state index in [0.29, 0.717) is 10.7 Å². The summed E-state index contributed by atoms with van der Waals surface area (Å²) in [6.45, 7) is 4.98. The third-order valence-corrected chi connectivity index (χ3v) is 5.15. The monoisotopic (exact) mass is 442 g/mol. The quantitative estimate of drug-likeness (QED) is 0.519. The van der Waals surface area contributed by atoms with E-state index < -0.39 is 36.3 Å². The van der Waals surface area contributed by atoms with Gasteiger partial charge in [-0.15, -0.1) is 0 Å². The Labute approximate surface area is 185 Å². The topological polar surface area (TPSA) is 92.8 Å². The number of carbonyl (C=O) groups excluding carboxylic acids is 4. The number of hydrogen-bond donors (Lipinski definition) is 1. The highest BCUT2D eigenvalue weighted by Crippen LogP contribution is 2.27. The lowest BCUT2D eigenvalue weighted by Gasteiger charge is -2.25. The number of aryl methyl sites for hydroxylation is 1. The van der Waals surface area contributed by atoms with Crippen LogP contribution in [0, 0.1) is 12.8 Å². The number of anilines is 1. The molecule has 0 aromatic heterocycles. The first-order valence-corrected chi connectivity index (χ1v) is 10.3. The Morgan fingerprint density at radius 3 is 2.23 bits per heavy atom. The molecule has 0 unspecified atom stereocenters. The van der Waals surface area contributed by atoms with E-state index in [1.54, 1.807) is 49.4 Å². The van der Waals surface area contributed by atoms with Gasteiger partial charge in [-0.2, -0.15) is 0 Å². The molecule has 7 nitrogen and oxygen atoms in total. The second kappa shape index (κ2) is 9.31. The molecule has 0 bridgehead atoms. The van der Waals surface area contributed by atoms with Crippen LogP contribution in [-0.4, -0.2) is 41.2 Å². The van der Waals surface area contributed by atoms with Crippen LogP contribution in [0.5, 0.6) is 0 Å². The van der Waals surface area contributed by atoms with Gasteiger partial charge in [0.25, 0.3) is 17.7 Å². The van der Waals surface area contributed by atoms with Gasteiger partial charge in [-0.1, -0.05) is 37.6 Å². The molecule has 1 atom stereocenters. The predicted molar refractivity (Wildman–Crippen MR) is 116 cm³/mol. The molecule has 0 aliphatic carbocycles. The van der Waals surface area contributed by atoms with Gasteiger partial charge in [0.15, 0.2) is 6.61 Å². The number of hydrogen-bond acceptors (Lipinski definition) is 5. The Bertz CT molecular complexity index is 1020. The van der Waals surface area contributed by atoms with E-state index in [1.165, 1.54) is 0 Å². The first-order valence-electron chi connectivity index (χ1n) is 9.88. The lowest BCUT2D eigenvalue weighted by Crippen LogP contribution is -2.46. The third-order valence-electron chi connectivity index (χ3n) is 4.91. The van der Waals surface area contributed by atoms with Gasteiger partial charge < -0.3 is 10.1 Å². The van der Waals surface area contributed by atoms with E-state index in [0.717, 1.165) is 10.5 Å². The van der Waals surface area contributed by atoms with Crippen molar-refractivity contribution in [3.05, 3.63) is 64.2 Å². The molecule has 1 N–H and O–H groups in total. The van der Waals surface area contributed by atoms with Crippen molar-refractivity contribution in [1.82, 2.24) is 4.90 Å². The molecule has 1 aliphatic heterocycles. The molecule has 0 saturated heterocycles. The molecule has 1 heterocycles. The number of halogens is 1. The first kappa shape index (κ1) is 22.5. The number of benzene rings is 2. The molecule has 31 heavy (non-hydrogen) atoms. The normalized spacial score (nSPS) is 13.9. The summed E-state index contributed by atoms with van der Waals surface area (Å²) in [6, 6.07) is 10.3. The average Bonchev–Trinajstić information content (AvgIpc) is 2.97. The van der Waals surface area contributed by atoms with E-state index >= 15 is 0 Å². The highest BCUT2D eigenvalue weighted by molar-refractivity contribution is 6.30. The van der Waals surface area contributed by atoms with Crippen molar-refractivity contribution < 1.29 is 23.9 Å². The number of amides is 3. The van der Waals surface area contributed by atoms with Gasteiger partial charge in [-0.25, -0.2) is 4.79 Å². The highest BCUT2D eigenvalue weighted by atomic mass is 35.5. The fourth-order valence-corrected chi connectivity index (χ4v) is 3.66. The minimum atomic E-state index is -1.11. The number of imide groups is 1. The third kappa shape index (κ3) is 4.94. The molecule has 162 valence electrons. The van der Waals surface area contributed by atoms with Crippen molar-refractivity contribution in [3.63, 3.8) is 0 Å². The van der Waals surface area contributed by atoms with E-state index in [4.69, 9.17) is 16.3 Å².